The molecule has 1 aliphatic rings. The van der Waals surface area contributed by atoms with Gasteiger partial charge in [-0.05, 0) is 32.3 Å². The van der Waals surface area contributed by atoms with Crippen LogP contribution in [0.15, 0.2) is 35.3 Å². The predicted molar refractivity (Wildman–Crippen MR) is 76.5 cm³/mol. The second-order valence-electron chi connectivity index (χ2n) is 5.55. The first-order chi connectivity index (χ1) is 8.64. The molecule has 3 nitrogen and oxygen atoms in total. The van der Waals surface area contributed by atoms with E-state index in [9.17, 15) is 0 Å². The van der Waals surface area contributed by atoms with Gasteiger partial charge in [0, 0.05) is 5.41 Å². The molecule has 0 amide bonds. The smallest absolute Gasteiger partial charge is 0.121 e. The number of nitrogens with zero attached hydrogens (tertiary/aromatic N) is 1. The van der Waals surface area contributed by atoms with Crippen LogP contribution in [0.3, 0.4) is 0 Å². The number of aliphatic imine (C=N–C) groups is 1. The van der Waals surface area contributed by atoms with Crippen molar-refractivity contribution in [1.82, 2.24) is 5.43 Å². The molecule has 1 fully saturated rings. The first kappa shape index (κ1) is 13.1. The molecule has 0 aromatic heterocycles. The highest BCUT2D eigenvalue weighted by Gasteiger charge is 2.28. The Balaban J connectivity index is 2.25. The molecule has 0 unspecified atom stereocenters. The van der Waals surface area contributed by atoms with Gasteiger partial charge in [-0.1, -0.05) is 43.2 Å². The lowest BCUT2D eigenvalue weighted by Crippen LogP contribution is -2.44. The molecule has 0 spiro atoms. The number of hydrogen-bond acceptors (Lipinski definition) is 2. The van der Waals surface area contributed by atoms with E-state index in [1.807, 2.05) is 6.07 Å². The number of nitrogens with two attached hydrogens (primary N) is 1. The van der Waals surface area contributed by atoms with Crippen molar-refractivity contribution in [2.24, 2.45) is 10.8 Å². The van der Waals surface area contributed by atoms with E-state index in [0.29, 0.717) is 6.04 Å². The lowest BCUT2D eigenvalue weighted by molar-refractivity contribution is 0.638. The number of benzene rings is 1. The van der Waals surface area contributed by atoms with Gasteiger partial charge in [-0.2, -0.15) is 0 Å². The van der Waals surface area contributed by atoms with E-state index in [-0.39, 0.29) is 5.41 Å². The van der Waals surface area contributed by atoms with E-state index >= 15 is 0 Å². The van der Waals surface area contributed by atoms with Gasteiger partial charge in [-0.3, -0.25) is 4.99 Å². The molecular weight excluding hydrogens is 222 g/mol. The van der Waals surface area contributed by atoms with E-state index in [4.69, 9.17) is 10.8 Å². The van der Waals surface area contributed by atoms with Crippen LogP contribution in [0, 0.1) is 0 Å². The molecule has 0 heterocycles. The van der Waals surface area contributed by atoms with Gasteiger partial charge in [0.25, 0.3) is 0 Å². The quantitative estimate of drug-likeness (QED) is 0.372. The summed E-state index contributed by atoms with van der Waals surface area (Å²) in [5, 5.41) is 0. The Morgan fingerprint density at radius 3 is 2.39 bits per heavy atom. The number of amidine groups is 1. The van der Waals surface area contributed by atoms with Gasteiger partial charge in [-0.25, -0.2) is 5.84 Å². The molecule has 0 aliphatic heterocycles. The second kappa shape index (κ2) is 5.53. The summed E-state index contributed by atoms with van der Waals surface area (Å²) in [6, 6.07) is 10.8. The van der Waals surface area contributed by atoms with E-state index < -0.39 is 0 Å². The van der Waals surface area contributed by atoms with E-state index in [0.717, 1.165) is 5.84 Å². The largest absolute Gasteiger partial charge is 0.312 e. The molecule has 18 heavy (non-hydrogen) atoms. The maximum atomic E-state index is 5.69. The molecule has 1 aromatic carbocycles. The van der Waals surface area contributed by atoms with Crippen molar-refractivity contribution in [2.45, 2.75) is 51.0 Å². The maximum Gasteiger partial charge on any atom is 0.121 e. The van der Waals surface area contributed by atoms with Crippen LogP contribution in [0.5, 0.6) is 0 Å². The van der Waals surface area contributed by atoms with Crippen molar-refractivity contribution < 1.29 is 0 Å². The Hall–Kier alpha value is -1.35. The van der Waals surface area contributed by atoms with E-state index in [2.05, 4.69) is 43.5 Å². The second-order valence-corrected chi connectivity index (χ2v) is 5.55. The number of nitrogens with one attached hydrogen (secondary N) is 1. The summed E-state index contributed by atoms with van der Waals surface area (Å²) in [4.78, 5) is 4.82. The average molecular weight is 245 g/mol. The highest BCUT2D eigenvalue weighted by Crippen LogP contribution is 2.27. The Kier molecular flexibility index (Phi) is 4.02. The lowest BCUT2D eigenvalue weighted by Gasteiger charge is -2.27. The van der Waals surface area contributed by atoms with Crippen LogP contribution >= 0.6 is 0 Å². The molecule has 0 radical (unpaired) electrons. The zero-order valence-corrected chi connectivity index (χ0v) is 11.3. The molecule has 98 valence electrons. The molecule has 3 N–H and O–H groups in total. The van der Waals surface area contributed by atoms with E-state index in [1.165, 1.54) is 31.2 Å². The third kappa shape index (κ3) is 2.72. The van der Waals surface area contributed by atoms with Gasteiger partial charge in [0.2, 0.25) is 0 Å². The first-order valence-corrected chi connectivity index (χ1v) is 6.75. The van der Waals surface area contributed by atoms with Crippen molar-refractivity contribution in [3.63, 3.8) is 0 Å². The molecule has 0 saturated heterocycles. The monoisotopic (exact) mass is 245 g/mol. The SMILES string of the molecule is CC(C)(C(=NC1CCCC1)NN)c1ccccc1. The minimum absolute atomic E-state index is 0.168. The Bertz CT molecular complexity index is 403. The number of hydrogen-bond donors (Lipinski definition) is 2. The van der Waals surface area contributed by atoms with Crippen molar-refractivity contribution in [3.8, 4) is 0 Å². The van der Waals surface area contributed by atoms with Gasteiger partial charge in [-0.15, -0.1) is 0 Å². The van der Waals surface area contributed by atoms with Crippen LogP contribution < -0.4 is 11.3 Å². The molecule has 1 saturated carbocycles. The molecule has 1 aromatic rings. The van der Waals surface area contributed by atoms with Crippen molar-refractivity contribution in [1.29, 1.82) is 0 Å². The predicted octanol–water partition coefficient (Wildman–Crippen LogP) is 2.77. The van der Waals surface area contributed by atoms with Crippen LogP contribution in [0.4, 0.5) is 0 Å². The van der Waals surface area contributed by atoms with Crippen LogP contribution in [0.2, 0.25) is 0 Å². The van der Waals surface area contributed by atoms with Crippen LogP contribution in [-0.2, 0) is 5.41 Å². The molecule has 1 aliphatic carbocycles. The fourth-order valence-corrected chi connectivity index (χ4v) is 2.59. The fourth-order valence-electron chi connectivity index (χ4n) is 2.59. The molecule has 0 bridgehead atoms. The van der Waals surface area contributed by atoms with Crippen LogP contribution in [0.1, 0.15) is 45.1 Å². The van der Waals surface area contributed by atoms with Gasteiger partial charge in [0.05, 0.1) is 6.04 Å². The van der Waals surface area contributed by atoms with Crippen molar-refractivity contribution in [3.05, 3.63) is 35.9 Å². The summed E-state index contributed by atoms with van der Waals surface area (Å²) < 4.78 is 0. The van der Waals surface area contributed by atoms with Gasteiger partial charge >= 0.3 is 0 Å². The average Bonchev–Trinajstić information content (AvgIpc) is 2.89. The highest BCUT2D eigenvalue weighted by molar-refractivity contribution is 5.92. The van der Waals surface area contributed by atoms with E-state index in [1.54, 1.807) is 0 Å². The molecule has 3 heteroatoms. The van der Waals surface area contributed by atoms with Crippen molar-refractivity contribution in [2.75, 3.05) is 0 Å². The van der Waals surface area contributed by atoms with Gasteiger partial charge in [0.1, 0.15) is 5.84 Å². The number of hydrazine groups is 1. The molecular formula is C15H23N3. The summed E-state index contributed by atoms with van der Waals surface area (Å²) in [5.41, 5.74) is 3.89. The fraction of sp³-hybridized carbons (Fsp3) is 0.533. The summed E-state index contributed by atoms with van der Waals surface area (Å²) in [6.45, 7) is 4.33. The lowest BCUT2D eigenvalue weighted by atomic mass is 9.83. The van der Waals surface area contributed by atoms with Crippen LogP contribution in [-0.4, -0.2) is 11.9 Å². The van der Waals surface area contributed by atoms with Crippen molar-refractivity contribution >= 4 is 5.84 Å². The standard InChI is InChI=1S/C15H23N3/c1-15(2,12-8-4-3-5-9-12)14(18-16)17-13-10-6-7-11-13/h3-5,8-9,13H,6-7,10-11,16H2,1-2H3,(H,17,18). The highest BCUT2D eigenvalue weighted by atomic mass is 15.3. The Labute approximate surface area is 109 Å². The Morgan fingerprint density at radius 1 is 1.22 bits per heavy atom. The minimum atomic E-state index is -0.168. The molecule has 0 atom stereocenters. The maximum absolute atomic E-state index is 5.69. The Morgan fingerprint density at radius 2 is 1.83 bits per heavy atom. The normalized spacial score (nSPS) is 18.1. The zero-order valence-electron chi connectivity index (χ0n) is 11.3. The summed E-state index contributed by atoms with van der Waals surface area (Å²) in [7, 11) is 0. The summed E-state index contributed by atoms with van der Waals surface area (Å²) in [5.74, 6) is 6.58. The third-order valence-corrected chi connectivity index (χ3v) is 3.86. The molecule has 2 rings (SSSR count). The summed E-state index contributed by atoms with van der Waals surface area (Å²) in [6.07, 6.45) is 4.96. The van der Waals surface area contributed by atoms with Gasteiger partial charge in [0.15, 0.2) is 0 Å². The first-order valence-electron chi connectivity index (χ1n) is 6.75. The van der Waals surface area contributed by atoms with Crippen LogP contribution in [0.25, 0.3) is 0 Å². The number of rotatable bonds is 3. The summed E-state index contributed by atoms with van der Waals surface area (Å²) >= 11 is 0. The minimum Gasteiger partial charge on any atom is -0.312 e. The topological polar surface area (TPSA) is 50.4 Å². The van der Waals surface area contributed by atoms with Gasteiger partial charge < -0.3 is 5.43 Å². The zero-order chi connectivity index (χ0) is 13.0. The third-order valence-electron chi connectivity index (χ3n) is 3.86.